The van der Waals surface area contributed by atoms with Crippen molar-refractivity contribution < 1.29 is 45.3 Å². The van der Waals surface area contributed by atoms with Gasteiger partial charge in [0.25, 0.3) is 0 Å². The van der Waals surface area contributed by atoms with Crippen molar-refractivity contribution in [1.82, 2.24) is 0 Å². The number of halogens is 8. The summed E-state index contributed by atoms with van der Waals surface area (Å²) in [6, 6.07) is 0. The number of aromatic hydroxyl groups is 2. The maximum atomic E-state index is 13.5. The molecule has 2 aromatic rings. The molecule has 0 heterocycles. The lowest BCUT2D eigenvalue weighted by Gasteiger charge is -2.07. The third-order valence-electron chi connectivity index (χ3n) is 2.96. The van der Waals surface area contributed by atoms with Gasteiger partial charge in [0, 0.05) is 0 Å². The molecule has 0 saturated carbocycles. The summed E-state index contributed by atoms with van der Waals surface area (Å²) in [5, 5.41) is 17.5. The van der Waals surface area contributed by atoms with E-state index < -0.39 is 69.2 Å². The fourth-order valence-corrected chi connectivity index (χ4v) is 1.73. The summed E-state index contributed by atoms with van der Waals surface area (Å²) in [6.45, 7) is 0. The van der Waals surface area contributed by atoms with Crippen LogP contribution in [0.4, 0.5) is 35.1 Å². The maximum Gasteiger partial charge on any atom is 0.204 e. The molecule has 0 aliphatic heterocycles. The average molecular weight is 356 g/mol. The van der Waals surface area contributed by atoms with Crippen molar-refractivity contribution in [3.8, 4) is 11.5 Å². The van der Waals surface area contributed by atoms with Gasteiger partial charge in [-0.1, -0.05) is 0 Å². The number of phenols is 2. The Labute approximate surface area is 127 Å². The highest BCUT2D eigenvalue weighted by molar-refractivity contribution is 5.71. The van der Waals surface area contributed by atoms with Crippen LogP contribution in [-0.2, 0) is 0 Å². The lowest BCUT2D eigenvalue weighted by Crippen LogP contribution is -2.01. The quantitative estimate of drug-likeness (QED) is 0.476. The van der Waals surface area contributed by atoms with Crippen LogP contribution in [0.15, 0.2) is 0 Å². The summed E-state index contributed by atoms with van der Waals surface area (Å²) >= 11 is 0. The highest BCUT2D eigenvalue weighted by Crippen LogP contribution is 2.32. The molecule has 0 unspecified atom stereocenters. The van der Waals surface area contributed by atoms with Crippen molar-refractivity contribution in [3.63, 3.8) is 0 Å². The fourth-order valence-electron chi connectivity index (χ4n) is 1.73. The predicted octanol–water partition coefficient (Wildman–Crippen LogP) is 4.38. The Hall–Kier alpha value is -2.78. The highest BCUT2D eigenvalue weighted by Gasteiger charge is 2.26. The molecule has 0 saturated heterocycles. The van der Waals surface area contributed by atoms with Gasteiger partial charge in [-0.25, -0.2) is 17.6 Å². The summed E-state index contributed by atoms with van der Waals surface area (Å²) in [7, 11) is 0. The van der Waals surface area contributed by atoms with Crippen LogP contribution in [0.25, 0.3) is 12.2 Å². The van der Waals surface area contributed by atoms with E-state index >= 15 is 0 Å². The topological polar surface area (TPSA) is 40.5 Å². The summed E-state index contributed by atoms with van der Waals surface area (Å²) in [4.78, 5) is 0. The molecule has 0 spiro atoms. The van der Waals surface area contributed by atoms with Crippen molar-refractivity contribution in [3.05, 3.63) is 57.7 Å². The van der Waals surface area contributed by atoms with Crippen LogP contribution in [0.2, 0.25) is 0 Å². The Bertz CT molecular complexity index is 747. The normalized spacial score (nSPS) is 11.5. The Morgan fingerprint density at radius 3 is 0.833 bits per heavy atom. The van der Waals surface area contributed by atoms with Crippen LogP contribution in [0.5, 0.6) is 11.5 Å². The van der Waals surface area contributed by atoms with Crippen molar-refractivity contribution in [2.75, 3.05) is 0 Å². The molecule has 0 fully saturated rings. The molecule has 0 aliphatic rings. The van der Waals surface area contributed by atoms with Crippen molar-refractivity contribution >= 4 is 12.2 Å². The van der Waals surface area contributed by atoms with Gasteiger partial charge in [0.15, 0.2) is 34.8 Å². The van der Waals surface area contributed by atoms with Gasteiger partial charge in [-0.2, -0.15) is 17.6 Å². The third kappa shape index (κ3) is 2.53. The molecule has 10 heteroatoms. The van der Waals surface area contributed by atoms with E-state index in [0.29, 0.717) is 0 Å². The largest absolute Gasteiger partial charge is 0.503 e. The summed E-state index contributed by atoms with van der Waals surface area (Å²) in [5.41, 5.74) is -3.01. The highest BCUT2D eigenvalue weighted by atomic mass is 19.2. The summed E-state index contributed by atoms with van der Waals surface area (Å²) in [6.07, 6.45) is 0.182. The van der Waals surface area contributed by atoms with Crippen LogP contribution in [0, 0.1) is 46.5 Å². The Balaban J connectivity index is 2.67. The van der Waals surface area contributed by atoms with Gasteiger partial charge in [-0.05, 0) is 12.2 Å². The van der Waals surface area contributed by atoms with E-state index in [-0.39, 0.29) is 12.2 Å². The van der Waals surface area contributed by atoms with Gasteiger partial charge in [-0.15, -0.1) is 0 Å². The molecule has 24 heavy (non-hydrogen) atoms. The van der Waals surface area contributed by atoms with Crippen LogP contribution >= 0.6 is 0 Å². The number of hydrogen-bond acceptors (Lipinski definition) is 2. The fraction of sp³-hybridized carbons (Fsp3) is 0. The smallest absolute Gasteiger partial charge is 0.204 e. The van der Waals surface area contributed by atoms with E-state index in [1.54, 1.807) is 0 Å². The molecule has 0 atom stereocenters. The molecule has 0 bridgehead atoms. The van der Waals surface area contributed by atoms with E-state index in [0.717, 1.165) is 0 Å². The van der Waals surface area contributed by atoms with E-state index in [2.05, 4.69) is 0 Å². The molecular formula is C14H4F8O2. The first kappa shape index (κ1) is 17.6. The van der Waals surface area contributed by atoms with Gasteiger partial charge in [0.1, 0.15) is 0 Å². The number of benzene rings is 2. The zero-order chi connectivity index (χ0) is 18.3. The van der Waals surface area contributed by atoms with Gasteiger partial charge >= 0.3 is 0 Å². The first-order valence-electron chi connectivity index (χ1n) is 5.87. The molecule has 2 rings (SSSR count). The van der Waals surface area contributed by atoms with Gasteiger partial charge in [-0.3, -0.25) is 0 Å². The SMILES string of the molecule is Oc1c(F)c(F)c(/C=C/c2c(F)c(F)c(O)c(F)c2F)c(F)c1F. The predicted molar refractivity (Wildman–Crippen MR) is 64.8 cm³/mol. The summed E-state index contributed by atoms with van der Waals surface area (Å²) in [5.74, 6) is -21.1. The minimum absolute atomic E-state index is 0.0910. The summed E-state index contributed by atoms with van der Waals surface area (Å²) < 4.78 is 106. The van der Waals surface area contributed by atoms with Gasteiger partial charge in [0.05, 0.1) is 11.1 Å². The average Bonchev–Trinajstić information content (AvgIpc) is 2.57. The molecule has 0 radical (unpaired) electrons. The van der Waals surface area contributed by atoms with Crippen LogP contribution < -0.4 is 0 Å². The Kier molecular flexibility index (Phi) is 4.41. The van der Waals surface area contributed by atoms with E-state index in [1.165, 1.54) is 0 Å². The second-order valence-electron chi connectivity index (χ2n) is 4.37. The first-order chi connectivity index (χ1) is 11.1. The Morgan fingerprint density at radius 2 is 0.625 bits per heavy atom. The zero-order valence-electron chi connectivity index (χ0n) is 11.1. The molecule has 2 aromatic carbocycles. The lowest BCUT2D eigenvalue weighted by atomic mass is 10.1. The van der Waals surface area contributed by atoms with Crippen molar-refractivity contribution in [2.24, 2.45) is 0 Å². The van der Waals surface area contributed by atoms with E-state index in [1.807, 2.05) is 0 Å². The van der Waals surface area contributed by atoms with E-state index in [9.17, 15) is 35.1 Å². The number of rotatable bonds is 2. The molecule has 0 aliphatic carbocycles. The van der Waals surface area contributed by atoms with Crippen LogP contribution in [0.3, 0.4) is 0 Å². The van der Waals surface area contributed by atoms with Gasteiger partial charge < -0.3 is 10.2 Å². The molecule has 0 aromatic heterocycles. The Morgan fingerprint density at radius 1 is 0.417 bits per heavy atom. The van der Waals surface area contributed by atoms with Crippen molar-refractivity contribution in [2.45, 2.75) is 0 Å². The van der Waals surface area contributed by atoms with Crippen molar-refractivity contribution in [1.29, 1.82) is 0 Å². The molecule has 2 nitrogen and oxygen atoms in total. The number of hydrogen-bond donors (Lipinski definition) is 2. The van der Waals surface area contributed by atoms with E-state index in [4.69, 9.17) is 10.2 Å². The second-order valence-corrected chi connectivity index (χ2v) is 4.37. The minimum atomic E-state index is -2.18. The lowest BCUT2D eigenvalue weighted by molar-refractivity contribution is 0.355. The monoisotopic (exact) mass is 356 g/mol. The molecule has 2 N–H and O–H groups in total. The van der Waals surface area contributed by atoms with Gasteiger partial charge in [0.2, 0.25) is 23.3 Å². The minimum Gasteiger partial charge on any atom is -0.503 e. The maximum absolute atomic E-state index is 13.5. The second kappa shape index (κ2) is 6.02. The molecule has 0 amide bonds. The molecular weight excluding hydrogens is 352 g/mol. The molecule has 128 valence electrons. The number of phenolic OH excluding ortho intramolecular Hbond substituents is 2. The van der Waals surface area contributed by atoms with Crippen LogP contribution in [-0.4, -0.2) is 10.2 Å². The zero-order valence-corrected chi connectivity index (χ0v) is 11.1. The standard InChI is InChI=1S/C14H4F8O2/c15-5-3(6(16)10(20)13(23)9(5)19)1-2-4-7(17)11(21)14(24)12(22)8(4)18/h1-2,23-24H/b2-1+. The third-order valence-corrected chi connectivity index (χ3v) is 2.96. The van der Waals surface area contributed by atoms with Crippen LogP contribution in [0.1, 0.15) is 11.1 Å². The first-order valence-corrected chi connectivity index (χ1v) is 5.87.